The van der Waals surface area contributed by atoms with E-state index in [1.165, 1.54) is 29.2 Å². The fourth-order valence-electron chi connectivity index (χ4n) is 5.15. The number of fused-ring (bicyclic) bond motifs is 1. The van der Waals surface area contributed by atoms with Gasteiger partial charge in [0.05, 0.1) is 12.0 Å². The van der Waals surface area contributed by atoms with Crippen LogP contribution in [0.5, 0.6) is 5.75 Å². The molecule has 2 aliphatic rings. The van der Waals surface area contributed by atoms with Crippen LogP contribution in [0.25, 0.3) is 10.8 Å². The zero-order valence-corrected chi connectivity index (χ0v) is 18.3. The number of carboxylic acid groups (broad SMARTS) is 1. The minimum Gasteiger partial charge on any atom is -0.490 e. The van der Waals surface area contributed by atoms with Crippen LogP contribution in [0.1, 0.15) is 57.9 Å². The van der Waals surface area contributed by atoms with Gasteiger partial charge in [0.2, 0.25) is 0 Å². The number of rotatable bonds is 6. The summed E-state index contributed by atoms with van der Waals surface area (Å²) in [6, 6.07) is 13.0. The Kier molecular flexibility index (Phi) is 6.62. The second kappa shape index (κ2) is 9.38. The monoisotopic (exact) mass is 409 g/mol. The Morgan fingerprint density at radius 3 is 2.47 bits per heavy atom. The highest BCUT2D eigenvalue weighted by atomic mass is 16.5. The third-order valence-electron chi connectivity index (χ3n) is 7.20. The topological polar surface area (TPSA) is 49.8 Å². The van der Waals surface area contributed by atoms with Crippen LogP contribution in [0.3, 0.4) is 0 Å². The third kappa shape index (κ3) is 4.97. The lowest BCUT2D eigenvalue weighted by molar-refractivity contribution is -0.143. The molecular weight excluding hydrogens is 374 g/mol. The van der Waals surface area contributed by atoms with E-state index in [2.05, 4.69) is 55.1 Å². The van der Waals surface area contributed by atoms with Crippen LogP contribution in [0.4, 0.5) is 0 Å². The molecular formula is C26H35NO3. The number of nitrogens with zero attached hydrogens (tertiary/aromatic N) is 1. The van der Waals surface area contributed by atoms with E-state index >= 15 is 0 Å². The Balaban J connectivity index is 1.39. The Morgan fingerprint density at radius 1 is 1.07 bits per heavy atom. The van der Waals surface area contributed by atoms with Crippen LogP contribution in [0.15, 0.2) is 36.4 Å². The van der Waals surface area contributed by atoms with Crippen molar-refractivity contribution in [2.75, 3.05) is 13.1 Å². The van der Waals surface area contributed by atoms with E-state index in [0.29, 0.717) is 6.10 Å². The van der Waals surface area contributed by atoms with Gasteiger partial charge in [-0.3, -0.25) is 9.69 Å². The number of hydrogen-bond donors (Lipinski definition) is 1. The molecule has 0 amide bonds. The molecule has 2 aromatic carbocycles. The van der Waals surface area contributed by atoms with Gasteiger partial charge in [-0.1, -0.05) is 38.1 Å². The van der Waals surface area contributed by atoms with Crippen molar-refractivity contribution in [3.05, 3.63) is 42.0 Å². The summed E-state index contributed by atoms with van der Waals surface area (Å²) >= 11 is 0. The first-order chi connectivity index (χ1) is 14.5. The Morgan fingerprint density at radius 2 is 1.80 bits per heavy atom. The maximum absolute atomic E-state index is 11.2. The Hall–Kier alpha value is -2.07. The number of carboxylic acids is 1. The Labute approximate surface area is 180 Å². The molecule has 1 N–H and O–H groups in total. The molecule has 0 radical (unpaired) electrons. The highest BCUT2D eigenvalue weighted by molar-refractivity contribution is 5.88. The van der Waals surface area contributed by atoms with E-state index in [4.69, 9.17) is 4.74 Å². The number of ether oxygens (including phenoxy) is 1. The van der Waals surface area contributed by atoms with Crippen molar-refractivity contribution in [1.82, 2.24) is 4.90 Å². The van der Waals surface area contributed by atoms with E-state index in [-0.39, 0.29) is 5.92 Å². The van der Waals surface area contributed by atoms with Crippen LogP contribution >= 0.6 is 0 Å². The highest BCUT2D eigenvalue weighted by Crippen LogP contribution is 2.34. The molecule has 1 saturated heterocycles. The van der Waals surface area contributed by atoms with Crippen LogP contribution in [-0.4, -0.2) is 35.2 Å². The van der Waals surface area contributed by atoms with Crippen LogP contribution < -0.4 is 4.74 Å². The number of likely N-dealkylation sites (tertiary alicyclic amines) is 1. The van der Waals surface area contributed by atoms with Gasteiger partial charge in [0, 0.05) is 11.9 Å². The number of benzene rings is 2. The molecule has 1 aliphatic carbocycles. The van der Waals surface area contributed by atoms with Crippen molar-refractivity contribution in [3.8, 4) is 5.75 Å². The molecule has 162 valence electrons. The van der Waals surface area contributed by atoms with Gasteiger partial charge in [-0.25, -0.2) is 0 Å². The summed E-state index contributed by atoms with van der Waals surface area (Å²) in [4.78, 5) is 13.5. The summed E-state index contributed by atoms with van der Waals surface area (Å²) in [5.41, 5.74) is 1.28. The first kappa shape index (κ1) is 21.2. The minimum absolute atomic E-state index is 0.173. The van der Waals surface area contributed by atoms with Crippen molar-refractivity contribution in [2.45, 2.75) is 65.0 Å². The predicted molar refractivity (Wildman–Crippen MR) is 121 cm³/mol. The van der Waals surface area contributed by atoms with E-state index < -0.39 is 5.97 Å². The molecule has 2 aromatic rings. The second-order valence-corrected chi connectivity index (χ2v) is 9.60. The van der Waals surface area contributed by atoms with Gasteiger partial charge in [0.15, 0.2) is 0 Å². The van der Waals surface area contributed by atoms with Crippen molar-refractivity contribution in [3.63, 3.8) is 0 Å². The summed E-state index contributed by atoms with van der Waals surface area (Å²) in [6.45, 7) is 7.27. The fraction of sp³-hybridized carbons (Fsp3) is 0.577. The zero-order valence-electron chi connectivity index (χ0n) is 18.3. The molecule has 4 rings (SSSR count). The van der Waals surface area contributed by atoms with Gasteiger partial charge < -0.3 is 9.84 Å². The molecule has 30 heavy (non-hydrogen) atoms. The third-order valence-corrected chi connectivity index (χ3v) is 7.20. The molecule has 1 heterocycles. The lowest BCUT2D eigenvalue weighted by Crippen LogP contribution is -2.35. The first-order valence-corrected chi connectivity index (χ1v) is 11.6. The molecule has 2 fully saturated rings. The largest absolute Gasteiger partial charge is 0.490 e. The lowest BCUT2D eigenvalue weighted by atomic mass is 9.80. The molecule has 4 heteroatoms. The van der Waals surface area contributed by atoms with Crippen molar-refractivity contribution >= 4 is 16.7 Å². The SMILES string of the molecule is CC(C)[C@H]1CC[C@H](Oc2cccc3cc(CN4CCC(C(=O)O)CC4)ccc23)CC1. The van der Waals surface area contributed by atoms with Gasteiger partial charge in [-0.2, -0.15) is 0 Å². The molecule has 0 unspecified atom stereocenters. The van der Waals surface area contributed by atoms with Gasteiger partial charge in [-0.05, 0) is 86.5 Å². The second-order valence-electron chi connectivity index (χ2n) is 9.60. The average Bonchev–Trinajstić information content (AvgIpc) is 2.74. The van der Waals surface area contributed by atoms with Gasteiger partial charge >= 0.3 is 5.97 Å². The van der Waals surface area contributed by atoms with Crippen LogP contribution in [0.2, 0.25) is 0 Å². The average molecular weight is 410 g/mol. The predicted octanol–water partition coefficient (Wildman–Crippen LogP) is 5.73. The lowest BCUT2D eigenvalue weighted by Gasteiger charge is -2.31. The molecule has 0 atom stereocenters. The summed E-state index contributed by atoms with van der Waals surface area (Å²) in [6.07, 6.45) is 6.69. The summed E-state index contributed by atoms with van der Waals surface area (Å²) in [7, 11) is 0. The molecule has 0 aromatic heterocycles. The molecule has 1 saturated carbocycles. The molecule has 4 nitrogen and oxygen atoms in total. The van der Waals surface area contributed by atoms with E-state index in [0.717, 1.165) is 62.9 Å². The van der Waals surface area contributed by atoms with Crippen molar-refractivity contribution in [2.24, 2.45) is 17.8 Å². The molecule has 1 aliphatic heterocycles. The highest BCUT2D eigenvalue weighted by Gasteiger charge is 2.25. The molecule has 0 bridgehead atoms. The van der Waals surface area contributed by atoms with E-state index in [1.807, 2.05) is 0 Å². The minimum atomic E-state index is -0.648. The number of carbonyl (C=O) groups is 1. The summed E-state index contributed by atoms with van der Waals surface area (Å²) in [5.74, 6) is 1.81. The zero-order chi connectivity index (χ0) is 21.1. The van der Waals surface area contributed by atoms with Crippen LogP contribution in [0, 0.1) is 17.8 Å². The number of aliphatic carboxylic acids is 1. The number of hydrogen-bond acceptors (Lipinski definition) is 3. The fourth-order valence-corrected chi connectivity index (χ4v) is 5.15. The summed E-state index contributed by atoms with van der Waals surface area (Å²) < 4.78 is 6.45. The normalized spacial score (nSPS) is 23.7. The Bertz CT molecular complexity index is 862. The van der Waals surface area contributed by atoms with Gasteiger partial charge in [-0.15, -0.1) is 0 Å². The number of piperidine rings is 1. The maximum Gasteiger partial charge on any atom is 0.306 e. The smallest absolute Gasteiger partial charge is 0.306 e. The van der Waals surface area contributed by atoms with Crippen LogP contribution in [-0.2, 0) is 11.3 Å². The van der Waals surface area contributed by atoms with E-state index in [1.54, 1.807) is 0 Å². The van der Waals surface area contributed by atoms with Gasteiger partial charge in [0.25, 0.3) is 0 Å². The van der Waals surface area contributed by atoms with Crippen molar-refractivity contribution < 1.29 is 14.6 Å². The standard InChI is InChI=1S/C26H35NO3/c1-18(2)20-7-9-23(10-8-20)30-25-5-3-4-22-16-19(6-11-24(22)25)17-27-14-12-21(13-15-27)26(28)29/h3-6,11,16,18,20-21,23H,7-10,12-15,17H2,1-2H3,(H,28,29)/t20-,23-. The van der Waals surface area contributed by atoms with Gasteiger partial charge in [0.1, 0.15) is 5.75 Å². The van der Waals surface area contributed by atoms with Crippen molar-refractivity contribution in [1.29, 1.82) is 0 Å². The first-order valence-electron chi connectivity index (χ1n) is 11.6. The molecule has 0 spiro atoms. The maximum atomic E-state index is 11.2. The quantitative estimate of drug-likeness (QED) is 0.662. The van der Waals surface area contributed by atoms with E-state index in [9.17, 15) is 9.90 Å². The summed E-state index contributed by atoms with van der Waals surface area (Å²) in [5, 5.41) is 11.6.